The highest BCUT2D eigenvalue weighted by Crippen LogP contribution is 2.16. The maximum atomic E-state index is 12.0. The Kier molecular flexibility index (Phi) is 4.45. The summed E-state index contributed by atoms with van der Waals surface area (Å²) in [7, 11) is 3.42. The smallest absolute Gasteiger partial charge is 0.339 e. The van der Waals surface area contributed by atoms with Gasteiger partial charge in [-0.05, 0) is 19.1 Å². The van der Waals surface area contributed by atoms with E-state index >= 15 is 0 Å². The molecule has 22 heavy (non-hydrogen) atoms. The van der Waals surface area contributed by atoms with Crippen LogP contribution < -0.4 is 0 Å². The Morgan fingerprint density at radius 1 is 1.50 bits per heavy atom. The Bertz CT molecular complexity index is 727. The van der Waals surface area contributed by atoms with Crippen LogP contribution in [0.1, 0.15) is 27.4 Å². The minimum Gasteiger partial charge on any atom is -0.478 e. The third-order valence-corrected chi connectivity index (χ3v) is 3.11. The number of hydrogen-bond donors (Lipinski definition) is 1. The van der Waals surface area contributed by atoms with Crippen molar-refractivity contribution in [1.82, 2.24) is 14.7 Å². The van der Waals surface area contributed by atoms with Gasteiger partial charge in [-0.15, -0.1) is 0 Å². The first-order valence-electron chi connectivity index (χ1n) is 6.61. The second-order valence-corrected chi connectivity index (χ2v) is 4.96. The highest BCUT2D eigenvalue weighted by Gasteiger charge is 2.15. The van der Waals surface area contributed by atoms with Crippen molar-refractivity contribution in [1.29, 1.82) is 0 Å². The largest absolute Gasteiger partial charge is 0.478 e. The van der Waals surface area contributed by atoms with Crippen LogP contribution in [0.5, 0.6) is 0 Å². The van der Waals surface area contributed by atoms with Gasteiger partial charge in [-0.1, -0.05) is 0 Å². The number of furan rings is 1. The first-order chi connectivity index (χ1) is 10.4. The summed E-state index contributed by atoms with van der Waals surface area (Å²) in [6.07, 6.45) is 6.55. The van der Waals surface area contributed by atoms with Crippen molar-refractivity contribution in [3.8, 4) is 0 Å². The zero-order chi connectivity index (χ0) is 16.3. The van der Waals surface area contributed by atoms with Crippen molar-refractivity contribution in [2.24, 2.45) is 7.05 Å². The summed E-state index contributed by atoms with van der Waals surface area (Å²) >= 11 is 0. The van der Waals surface area contributed by atoms with Crippen LogP contribution in [0.25, 0.3) is 6.08 Å². The molecule has 0 spiro atoms. The van der Waals surface area contributed by atoms with E-state index in [1.165, 1.54) is 17.0 Å². The number of carbonyl (C=O) groups is 2. The van der Waals surface area contributed by atoms with Gasteiger partial charge in [0.15, 0.2) is 0 Å². The molecule has 2 aromatic rings. The van der Waals surface area contributed by atoms with Crippen LogP contribution in [0.3, 0.4) is 0 Å². The fourth-order valence-electron chi connectivity index (χ4n) is 1.97. The molecule has 2 rings (SSSR count). The van der Waals surface area contributed by atoms with Crippen LogP contribution >= 0.6 is 0 Å². The van der Waals surface area contributed by atoms with Gasteiger partial charge >= 0.3 is 5.97 Å². The molecule has 0 radical (unpaired) electrons. The number of carbonyl (C=O) groups excluding carboxylic acids is 1. The van der Waals surface area contributed by atoms with Crippen LogP contribution in [0.4, 0.5) is 0 Å². The van der Waals surface area contributed by atoms with Crippen molar-refractivity contribution in [2.75, 3.05) is 7.05 Å². The molecule has 7 nitrogen and oxygen atoms in total. The third-order valence-electron chi connectivity index (χ3n) is 3.11. The fourth-order valence-corrected chi connectivity index (χ4v) is 1.97. The number of aryl methyl sites for hydroxylation is 2. The summed E-state index contributed by atoms with van der Waals surface area (Å²) in [5.41, 5.74) is 0.938. The summed E-state index contributed by atoms with van der Waals surface area (Å²) in [5, 5.41) is 13.0. The van der Waals surface area contributed by atoms with Gasteiger partial charge in [-0.2, -0.15) is 5.10 Å². The Morgan fingerprint density at radius 2 is 2.23 bits per heavy atom. The highest BCUT2D eigenvalue weighted by atomic mass is 16.4. The first-order valence-corrected chi connectivity index (χ1v) is 6.61. The van der Waals surface area contributed by atoms with Crippen LogP contribution in [-0.2, 0) is 18.4 Å². The molecule has 7 heteroatoms. The molecule has 2 heterocycles. The quantitative estimate of drug-likeness (QED) is 0.849. The molecular weight excluding hydrogens is 286 g/mol. The zero-order valence-electron chi connectivity index (χ0n) is 12.6. The minimum absolute atomic E-state index is 0.113. The molecule has 1 amide bonds. The summed E-state index contributed by atoms with van der Waals surface area (Å²) in [6, 6.07) is 1.44. The van der Waals surface area contributed by atoms with E-state index in [0.717, 1.165) is 5.56 Å². The van der Waals surface area contributed by atoms with Gasteiger partial charge in [0, 0.05) is 31.9 Å². The average Bonchev–Trinajstić information content (AvgIpc) is 3.02. The molecule has 2 aromatic heterocycles. The maximum absolute atomic E-state index is 12.0. The van der Waals surface area contributed by atoms with E-state index < -0.39 is 5.97 Å². The highest BCUT2D eigenvalue weighted by molar-refractivity contribution is 5.91. The van der Waals surface area contributed by atoms with E-state index in [9.17, 15) is 9.59 Å². The Labute approximate surface area is 127 Å². The number of nitrogens with zero attached hydrogens (tertiary/aromatic N) is 3. The molecule has 1 N–H and O–H groups in total. The molecule has 0 bridgehead atoms. The molecule has 0 aromatic carbocycles. The van der Waals surface area contributed by atoms with Crippen LogP contribution in [-0.4, -0.2) is 38.7 Å². The molecule has 0 saturated carbocycles. The first kappa shape index (κ1) is 15.6. The topological polar surface area (TPSA) is 88.6 Å². The van der Waals surface area contributed by atoms with Gasteiger partial charge in [-0.25, -0.2) is 4.79 Å². The number of amides is 1. The number of likely N-dealkylation sites (N-methyl/N-ethyl adjacent to an activating group) is 1. The number of carboxylic acid groups (broad SMARTS) is 1. The van der Waals surface area contributed by atoms with Crippen LogP contribution in [0.2, 0.25) is 0 Å². The van der Waals surface area contributed by atoms with E-state index in [1.54, 1.807) is 44.2 Å². The Hall–Kier alpha value is -2.83. The molecule has 116 valence electrons. The molecule has 0 fully saturated rings. The zero-order valence-corrected chi connectivity index (χ0v) is 12.6. The van der Waals surface area contributed by atoms with Gasteiger partial charge in [0.1, 0.15) is 17.1 Å². The molecule has 0 aliphatic rings. The van der Waals surface area contributed by atoms with Gasteiger partial charge in [0.05, 0.1) is 12.7 Å². The Balaban J connectivity index is 2.00. The summed E-state index contributed by atoms with van der Waals surface area (Å²) in [5.74, 6) is -0.498. The average molecular weight is 303 g/mol. The van der Waals surface area contributed by atoms with E-state index in [0.29, 0.717) is 11.5 Å². The van der Waals surface area contributed by atoms with Crippen molar-refractivity contribution in [3.63, 3.8) is 0 Å². The van der Waals surface area contributed by atoms with Gasteiger partial charge in [0.25, 0.3) is 0 Å². The number of hydrogen-bond acceptors (Lipinski definition) is 4. The number of carboxylic acids is 1. The second kappa shape index (κ2) is 6.30. The van der Waals surface area contributed by atoms with E-state index in [-0.39, 0.29) is 18.0 Å². The van der Waals surface area contributed by atoms with Crippen LogP contribution in [0, 0.1) is 6.92 Å². The van der Waals surface area contributed by atoms with Gasteiger partial charge < -0.3 is 14.4 Å². The SMILES string of the molecule is Cc1oc(CN(C)C(=O)C=Cc2cnn(C)c2)cc1C(=O)O. The van der Waals surface area contributed by atoms with E-state index in [2.05, 4.69) is 5.10 Å². The number of rotatable bonds is 5. The number of aromatic carboxylic acids is 1. The lowest BCUT2D eigenvalue weighted by Crippen LogP contribution is -2.23. The van der Waals surface area contributed by atoms with E-state index in [4.69, 9.17) is 9.52 Å². The summed E-state index contributed by atoms with van der Waals surface area (Å²) in [4.78, 5) is 24.4. The van der Waals surface area contributed by atoms with E-state index in [1.807, 2.05) is 0 Å². The predicted molar refractivity (Wildman–Crippen MR) is 79.1 cm³/mol. The molecule has 0 aliphatic heterocycles. The van der Waals surface area contributed by atoms with Crippen molar-refractivity contribution >= 4 is 18.0 Å². The molecule has 0 atom stereocenters. The lowest BCUT2D eigenvalue weighted by atomic mass is 10.2. The lowest BCUT2D eigenvalue weighted by Gasteiger charge is -2.12. The normalized spacial score (nSPS) is 11.0. The summed E-state index contributed by atoms with van der Waals surface area (Å²) < 4.78 is 7.00. The standard InChI is InChI=1S/C15H17N3O4/c1-10-13(15(20)21)6-12(22-10)9-17(2)14(19)5-4-11-7-16-18(3)8-11/h4-8H,9H2,1-3H3,(H,20,21). The van der Waals surface area contributed by atoms with Crippen LogP contribution in [0.15, 0.2) is 29.0 Å². The minimum atomic E-state index is -1.04. The van der Waals surface area contributed by atoms with Crippen molar-refractivity contribution in [2.45, 2.75) is 13.5 Å². The van der Waals surface area contributed by atoms with Gasteiger partial charge in [-0.3, -0.25) is 9.48 Å². The lowest BCUT2D eigenvalue weighted by molar-refractivity contribution is -0.125. The summed E-state index contributed by atoms with van der Waals surface area (Å²) in [6.45, 7) is 1.78. The van der Waals surface area contributed by atoms with Crippen molar-refractivity contribution < 1.29 is 19.1 Å². The van der Waals surface area contributed by atoms with Crippen molar-refractivity contribution in [3.05, 3.63) is 47.2 Å². The fraction of sp³-hybridized carbons (Fsp3) is 0.267. The Morgan fingerprint density at radius 3 is 2.77 bits per heavy atom. The van der Waals surface area contributed by atoms with Gasteiger partial charge in [0.2, 0.25) is 5.91 Å². The molecule has 0 aliphatic carbocycles. The molecule has 0 saturated heterocycles. The molecular formula is C15H17N3O4. The third kappa shape index (κ3) is 3.63. The number of aromatic nitrogens is 2. The second-order valence-electron chi connectivity index (χ2n) is 4.96. The predicted octanol–water partition coefficient (Wildman–Crippen LogP) is 1.69. The monoisotopic (exact) mass is 303 g/mol. The molecule has 0 unspecified atom stereocenters. The maximum Gasteiger partial charge on any atom is 0.339 e.